The van der Waals surface area contributed by atoms with Crippen LogP contribution < -0.4 is 0 Å². The maximum absolute atomic E-state index is 6.75. The predicted molar refractivity (Wildman–Crippen MR) is 234 cm³/mol. The molecule has 13 aromatic rings. The number of para-hydroxylation sites is 6. The first kappa shape index (κ1) is 31.2. The Balaban J connectivity index is 1.05. The molecule has 7 nitrogen and oxygen atoms in total. The molecule has 0 atom stereocenters. The van der Waals surface area contributed by atoms with E-state index in [1.807, 2.05) is 42.5 Å². The van der Waals surface area contributed by atoms with Crippen LogP contribution in [0.2, 0.25) is 0 Å². The molecule has 0 N–H and O–H groups in total. The van der Waals surface area contributed by atoms with E-state index in [2.05, 4.69) is 143 Å². The molecule has 58 heavy (non-hydrogen) atoms. The van der Waals surface area contributed by atoms with Crippen molar-refractivity contribution in [2.45, 2.75) is 0 Å². The van der Waals surface area contributed by atoms with Gasteiger partial charge in [-0.05, 0) is 72.8 Å². The monoisotopic (exact) mass is 743 g/mol. The van der Waals surface area contributed by atoms with Gasteiger partial charge in [0.2, 0.25) is 5.95 Å². The Morgan fingerprint density at radius 1 is 0.328 bits per heavy atom. The Morgan fingerprint density at radius 3 is 1.36 bits per heavy atom. The molecular weight excluding hydrogens is 715 g/mol. The lowest BCUT2D eigenvalue weighted by atomic mass is 10.1. The molecule has 7 heteroatoms. The smallest absolute Gasteiger partial charge is 0.238 e. The third-order valence-corrected chi connectivity index (χ3v) is 11.6. The number of rotatable bonds is 4. The molecule has 5 aromatic heterocycles. The fraction of sp³-hybridized carbons (Fsp3) is 0. The SMILES string of the molecule is c1ccc2c(c1)oc1ccc(-c3nc(-c4ccc5oc6c(-n7c8ccccc8c8ccccc87)cccc6c5c4)nc(-n4c5ccccc5c5ccccc54)n3)cc12. The molecule has 270 valence electrons. The van der Waals surface area contributed by atoms with Gasteiger partial charge in [0, 0.05) is 54.2 Å². The van der Waals surface area contributed by atoms with Crippen molar-refractivity contribution in [3.63, 3.8) is 0 Å². The molecule has 0 saturated carbocycles. The molecule has 0 saturated heterocycles. The number of benzene rings is 8. The molecule has 0 bridgehead atoms. The maximum atomic E-state index is 6.75. The average Bonchev–Trinajstić information content (AvgIpc) is 4.03. The summed E-state index contributed by atoms with van der Waals surface area (Å²) in [5.74, 6) is 1.68. The normalized spacial score (nSPS) is 12.1. The minimum Gasteiger partial charge on any atom is -0.456 e. The summed E-state index contributed by atoms with van der Waals surface area (Å²) in [5.41, 5.74) is 10.3. The number of aromatic nitrogens is 5. The zero-order valence-corrected chi connectivity index (χ0v) is 30.8. The van der Waals surface area contributed by atoms with Crippen molar-refractivity contribution in [1.29, 1.82) is 0 Å². The van der Waals surface area contributed by atoms with E-state index in [4.69, 9.17) is 23.8 Å². The summed E-state index contributed by atoms with van der Waals surface area (Å²) in [6.07, 6.45) is 0. The molecule has 0 unspecified atom stereocenters. The molecule has 5 heterocycles. The molecule has 8 aromatic carbocycles. The second-order valence-corrected chi connectivity index (χ2v) is 14.8. The summed E-state index contributed by atoms with van der Waals surface area (Å²) in [6, 6.07) is 60.8. The van der Waals surface area contributed by atoms with Crippen LogP contribution in [-0.2, 0) is 0 Å². The van der Waals surface area contributed by atoms with Gasteiger partial charge in [0.15, 0.2) is 17.2 Å². The van der Waals surface area contributed by atoms with E-state index in [1.165, 1.54) is 10.8 Å². The summed E-state index contributed by atoms with van der Waals surface area (Å²) >= 11 is 0. The largest absolute Gasteiger partial charge is 0.456 e. The molecular formula is C51H29N5O2. The van der Waals surface area contributed by atoms with Crippen molar-refractivity contribution in [2.24, 2.45) is 0 Å². The lowest BCUT2D eigenvalue weighted by Crippen LogP contribution is -2.06. The van der Waals surface area contributed by atoms with Crippen LogP contribution in [-0.4, -0.2) is 24.1 Å². The zero-order chi connectivity index (χ0) is 37.9. The average molecular weight is 744 g/mol. The van der Waals surface area contributed by atoms with E-state index >= 15 is 0 Å². The summed E-state index contributed by atoms with van der Waals surface area (Å²) in [7, 11) is 0. The van der Waals surface area contributed by atoms with E-state index in [1.54, 1.807) is 0 Å². The van der Waals surface area contributed by atoms with Gasteiger partial charge >= 0.3 is 0 Å². The minimum absolute atomic E-state index is 0.542. The van der Waals surface area contributed by atoms with Gasteiger partial charge in [-0.15, -0.1) is 0 Å². The Morgan fingerprint density at radius 2 is 0.776 bits per heavy atom. The van der Waals surface area contributed by atoms with Gasteiger partial charge in [0.1, 0.15) is 16.7 Å². The van der Waals surface area contributed by atoms with Crippen LogP contribution in [0, 0.1) is 0 Å². The molecule has 0 aliphatic carbocycles. The summed E-state index contributed by atoms with van der Waals surface area (Å²) in [6.45, 7) is 0. The van der Waals surface area contributed by atoms with Crippen LogP contribution in [0.15, 0.2) is 185 Å². The minimum atomic E-state index is 0.542. The first-order valence-electron chi connectivity index (χ1n) is 19.4. The number of hydrogen-bond acceptors (Lipinski definition) is 5. The highest BCUT2D eigenvalue weighted by atomic mass is 16.3. The van der Waals surface area contributed by atoms with Crippen LogP contribution in [0.5, 0.6) is 0 Å². The van der Waals surface area contributed by atoms with Crippen LogP contribution >= 0.6 is 0 Å². The fourth-order valence-corrected chi connectivity index (χ4v) is 9.01. The van der Waals surface area contributed by atoms with E-state index in [-0.39, 0.29) is 0 Å². The van der Waals surface area contributed by atoms with E-state index < -0.39 is 0 Å². The standard InChI is InChI=1S/C51H29N5O2/c1-6-18-40-32(12-1)33-13-2-7-19-41(33)55(40)44-22-11-17-37-39-29-31(25-27-47(39)58-48(37)44)50-52-49(30-24-26-46-38(28-30)36-16-5-10-23-45(36)57-46)53-51(54-50)56-42-20-8-3-14-34(42)35-15-4-9-21-43(35)56/h1-29H. The highest BCUT2D eigenvalue weighted by molar-refractivity contribution is 6.13. The van der Waals surface area contributed by atoms with Crippen molar-refractivity contribution in [1.82, 2.24) is 24.1 Å². The first-order valence-corrected chi connectivity index (χ1v) is 19.4. The maximum Gasteiger partial charge on any atom is 0.238 e. The van der Waals surface area contributed by atoms with Gasteiger partial charge in [0.25, 0.3) is 0 Å². The lowest BCUT2D eigenvalue weighted by molar-refractivity contribution is 0.666. The first-order chi connectivity index (χ1) is 28.7. The van der Waals surface area contributed by atoms with E-state index in [9.17, 15) is 0 Å². The number of furan rings is 2. The number of nitrogens with zero attached hydrogens (tertiary/aromatic N) is 5. The van der Waals surface area contributed by atoms with Gasteiger partial charge < -0.3 is 13.4 Å². The molecule has 0 aliphatic heterocycles. The fourth-order valence-electron chi connectivity index (χ4n) is 9.01. The Labute approximate surface area is 329 Å². The van der Waals surface area contributed by atoms with Crippen molar-refractivity contribution in [3.05, 3.63) is 176 Å². The quantitative estimate of drug-likeness (QED) is 0.179. The van der Waals surface area contributed by atoms with Crippen LogP contribution in [0.3, 0.4) is 0 Å². The predicted octanol–water partition coefficient (Wildman–Crippen LogP) is 13.2. The van der Waals surface area contributed by atoms with E-state index in [0.29, 0.717) is 17.6 Å². The molecule has 0 radical (unpaired) electrons. The third kappa shape index (κ3) is 4.41. The van der Waals surface area contributed by atoms with Crippen LogP contribution in [0.25, 0.3) is 122 Å². The van der Waals surface area contributed by atoms with E-state index in [0.717, 1.165) is 93.5 Å². The second-order valence-electron chi connectivity index (χ2n) is 14.8. The van der Waals surface area contributed by atoms with Gasteiger partial charge in [-0.25, -0.2) is 4.98 Å². The van der Waals surface area contributed by atoms with Gasteiger partial charge in [0.05, 0.1) is 27.8 Å². The molecule has 0 spiro atoms. The Hall–Kier alpha value is -8.03. The Kier molecular flexibility index (Phi) is 6.32. The summed E-state index contributed by atoms with van der Waals surface area (Å²) in [4.78, 5) is 15.7. The number of fused-ring (bicyclic) bond motifs is 12. The lowest BCUT2D eigenvalue weighted by Gasteiger charge is -2.11. The van der Waals surface area contributed by atoms with Crippen LogP contribution in [0.1, 0.15) is 0 Å². The van der Waals surface area contributed by atoms with Crippen molar-refractivity contribution < 1.29 is 8.83 Å². The zero-order valence-electron chi connectivity index (χ0n) is 30.8. The second kappa shape index (κ2) is 11.7. The van der Waals surface area contributed by atoms with Gasteiger partial charge in [-0.3, -0.25) is 4.57 Å². The number of hydrogen-bond donors (Lipinski definition) is 0. The summed E-state index contributed by atoms with van der Waals surface area (Å²) in [5, 5.41) is 8.76. The van der Waals surface area contributed by atoms with Crippen molar-refractivity contribution >= 4 is 87.5 Å². The van der Waals surface area contributed by atoms with Crippen LogP contribution in [0.4, 0.5) is 0 Å². The third-order valence-electron chi connectivity index (χ3n) is 11.6. The summed E-state index contributed by atoms with van der Waals surface area (Å²) < 4.78 is 17.4. The molecule has 0 fully saturated rings. The topological polar surface area (TPSA) is 74.8 Å². The molecule has 13 rings (SSSR count). The van der Waals surface area contributed by atoms with Gasteiger partial charge in [-0.1, -0.05) is 103 Å². The molecule has 0 aliphatic rings. The molecule has 0 amide bonds. The van der Waals surface area contributed by atoms with Crippen molar-refractivity contribution in [2.75, 3.05) is 0 Å². The highest BCUT2D eigenvalue weighted by Crippen LogP contribution is 2.40. The van der Waals surface area contributed by atoms with Gasteiger partial charge in [-0.2, -0.15) is 9.97 Å². The van der Waals surface area contributed by atoms with Crippen molar-refractivity contribution in [3.8, 4) is 34.4 Å². The Bertz CT molecular complexity index is 3720. The highest BCUT2D eigenvalue weighted by Gasteiger charge is 2.21.